The molecule has 1 fully saturated rings. The van der Waals surface area contributed by atoms with Crippen molar-refractivity contribution in [2.45, 2.75) is 19.4 Å². The second-order valence-electron chi connectivity index (χ2n) is 5.09. The molecule has 1 saturated heterocycles. The fourth-order valence-electron chi connectivity index (χ4n) is 2.47. The van der Waals surface area contributed by atoms with Gasteiger partial charge in [0.1, 0.15) is 5.82 Å². The monoisotopic (exact) mass is 328 g/mol. The average Bonchev–Trinajstić information content (AvgIpc) is 2.52. The highest BCUT2D eigenvalue weighted by atomic mass is 79.9. The molecular weight excluding hydrogens is 311 g/mol. The third-order valence-corrected chi connectivity index (χ3v) is 4.08. The lowest BCUT2D eigenvalue weighted by Crippen LogP contribution is -2.42. The van der Waals surface area contributed by atoms with Gasteiger partial charge in [-0.15, -0.1) is 0 Å². The summed E-state index contributed by atoms with van der Waals surface area (Å²) in [6, 6.07) is 4.60. The first-order valence-corrected chi connectivity index (χ1v) is 7.23. The van der Waals surface area contributed by atoms with Crippen LogP contribution in [0.25, 0.3) is 0 Å². The third kappa shape index (κ3) is 3.34. The van der Waals surface area contributed by atoms with Gasteiger partial charge in [-0.3, -0.25) is 4.79 Å². The minimum atomic E-state index is -0.347. The van der Waals surface area contributed by atoms with Crippen LogP contribution >= 0.6 is 15.9 Å². The smallest absolute Gasteiger partial charge is 0.254 e. The maximum atomic E-state index is 13.2. The van der Waals surface area contributed by atoms with Gasteiger partial charge in [0.15, 0.2) is 0 Å². The molecule has 0 bridgehead atoms. The van der Waals surface area contributed by atoms with Crippen LogP contribution in [0.15, 0.2) is 22.7 Å². The van der Waals surface area contributed by atoms with Crippen molar-refractivity contribution in [3.05, 3.63) is 34.1 Å². The van der Waals surface area contributed by atoms with E-state index in [2.05, 4.69) is 34.8 Å². The molecule has 1 aliphatic rings. The molecule has 1 aromatic carbocycles. The lowest BCUT2D eigenvalue weighted by Gasteiger charge is -2.28. The molecule has 1 unspecified atom stereocenters. The van der Waals surface area contributed by atoms with Gasteiger partial charge >= 0.3 is 0 Å². The molecule has 1 aromatic rings. The number of hydrogen-bond acceptors (Lipinski definition) is 2. The van der Waals surface area contributed by atoms with Gasteiger partial charge in [-0.05, 0) is 61.1 Å². The molecule has 0 saturated carbocycles. The molecule has 1 amide bonds. The highest BCUT2D eigenvalue weighted by Crippen LogP contribution is 2.19. The lowest BCUT2D eigenvalue weighted by molar-refractivity contribution is 0.0696. The zero-order chi connectivity index (χ0) is 14.0. The summed E-state index contributed by atoms with van der Waals surface area (Å²) in [6.45, 7) is 4.67. The number of rotatable bonds is 1. The van der Waals surface area contributed by atoms with Crippen LogP contribution in [0.1, 0.15) is 23.7 Å². The van der Waals surface area contributed by atoms with Crippen LogP contribution in [0.5, 0.6) is 0 Å². The summed E-state index contributed by atoms with van der Waals surface area (Å²) in [7, 11) is 2.07. The predicted molar refractivity (Wildman–Crippen MR) is 76.7 cm³/mol. The van der Waals surface area contributed by atoms with E-state index in [0.29, 0.717) is 10.0 Å². The van der Waals surface area contributed by atoms with Gasteiger partial charge in [0.25, 0.3) is 5.91 Å². The van der Waals surface area contributed by atoms with Crippen molar-refractivity contribution in [1.82, 2.24) is 9.80 Å². The zero-order valence-corrected chi connectivity index (χ0v) is 12.8. The summed E-state index contributed by atoms with van der Waals surface area (Å²) in [6.07, 6.45) is 0.967. The number of carbonyl (C=O) groups is 1. The maximum Gasteiger partial charge on any atom is 0.254 e. The van der Waals surface area contributed by atoms with Gasteiger partial charge in [-0.2, -0.15) is 0 Å². The van der Waals surface area contributed by atoms with Crippen LogP contribution in [0, 0.1) is 5.82 Å². The fraction of sp³-hybridized carbons (Fsp3) is 0.500. The van der Waals surface area contributed by atoms with E-state index in [4.69, 9.17) is 0 Å². The maximum absolute atomic E-state index is 13.2. The Morgan fingerprint density at radius 1 is 1.42 bits per heavy atom. The Labute approximate surface area is 121 Å². The largest absolute Gasteiger partial charge is 0.335 e. The van der Waals surface area contributed by atoms with Gasteiger partial charge in [-0.25, -0.2) is 4.39 Å². The summed E-state index contributed by atoms with van der Waals surface area (Å²) in [5.74, 6) is -0.372. The van der Waals surface area contributed by atoms with Gasteiger partial charge in [0.2, 0.25) is 0 Å². The predicted octanol–water partition coefficient (Wildman–Crippen LogP) is 2.75. The van der Waals surface area contributed by atoms with Gasteiger partial charge in [-0.1, -0.05) is 0 Å². The summed E-state index contributed by atoms with van der Waals surface area (Å²) in [5, 5.41) is 0. The van der Waals surface area contributed by atoms with Crippen molar-refractivity contribution < 1.29 is 9.18 Å². The Kier molecular flexibility index (Phi) is 4.58. The van der Waals surface area contributed by atoms with Crippen molar-refractivity contribution in [2.24, 2.45) is 0 Å². The highest BCUT2D eigenvalue weighted by Gasteiger charge is 2.25. The normalized spacial score (nSPS) is 21.3. The molecule has 0 radical (unpaired) electrons. The molecule has 3 nitrogen and oxygen atoms in total. The molecular formula is C14H18BrFN2O. The van der Waals surface area contributed by atoms with Crippen LogP contribution in [0.4, 0.5) is 4.39 Å². The lowest BCUT2D eigenvalue weighted by atomic mass is 10.1. The van der Waals surface area contributed by atoms with E-state index in [1.165, 1.54) is 6.07 Å². The quantitative estimate of drug-likeness (QED) is 0.791. The molecule has 0 aliphatic carbocycles. The van der Waals surface area contributed by atoms with Crippen LogP contribution in [-0.2, 0) is 0 Å². The summed E-state index contributed by atoms with van der Waals surface area (Å²) in [4.78, 5) is 16.6. The Bertz CT molecular complexity index is 481. The van der Waals surface area contributed by atoms with Gasteiger partial charge < -0.3 is 9.80 Å². The number of nitrogens with zero attached hydrogens (tertiary/aromatic N) is 2. The van der Waals surface area contributed by atoms with E-state index >= 15 is 0 Å². The number of likely N-dealkylation sites (N-methyl/N-ethyl adjacent to an activating group) is 1. The zero-order valence-electron chi connectivity index (χ0n) is 11.2. The van der Waals surface area contributed by atoms with Crippen molar-refractivity contribution in [2.75, 3.05) is 26.7 Å². The molecule has 0 N–H and O–H groups in total. The number of amides is 1. The molecule has 1 heterocycles. The standard InChI is InChI=1S/C14H18BrFN2O/c1-10-9-17(2)6-3-7-18(10)14(19)11-4-5-13(16)12(15)8-11/h4-5,8,10H,3,6-7,9H2,1-2H3. The van der Waals surface area contributed by atoms with Gasteiger partial charge in [0.05, 0.1) is 4.47 Å². The second-order valence-corrected chi connectivity index (χ2v) is 5.95. The van der Waals surface area contributed by atoms with E-state index in [1.807, 2.05) is 4.90 Å². The minimum absolute atomic E-state index is 0.0245. The molecule has 2 rings (SSSR count). The number of hydrogen-bond donors (Lipinski definition) is 0. The van der Waals surface area contributed by atoms with Crippen LogP contribution < -0.4 is 0 Å². The first-order chi connectivity index (χ1) is 8.99. The SMILES string of the molecule is CC1CN(C)CCCN1C(=O)c1ccc(F)c(Br)c1. The third-order valence-electron chi connectivity index (χ3n) is 3.47. The number of carbonyl (C=O) groups excluding carboxylic acids is 1. The van der Waals surface area contributed by atoms with E-state index < -0.39 is 0 Å². The second kappa shape index (κ2) is 6.01. The molecule has 19 heavy (non-hydrogen) atoms. The van der Waals surface area contributed by atoms with Crippen LogP contribution in [0.2, 0.25) is 0 Å². The molecule has 1 aliphatic heterocycles. The van der Waals surface area contributed by atoms with Crippen molar-refractivity contribution >= 4 is 21.8 Å². The topological polar surface area (TPSA) is 23.6 Å². The molecule has 0 aromatic heterocycles. The van der Waals surface area contributed by atoms with Crippen molar-refractivity contribution in [3.63, 3.8) is 0 Å². The van der Waals surface area contributed by atoms with E-state index in [0.717, 1.165) is 26.1 Å². The Morgan fingerprint density at radius 2 is 2.16 bits per heavy atom. The minimum Gasteiger partial charge on any atom is -0.335 e. The van der Waals surface area contributed by atoms with E-state index in [-0.39, 0.29) is 17.8 Å². The van der Waals surface area contributed by atoms with Crippen molar-refractivity contribution in [1.29, 1.82) is 0 Å². The molecule has 1 atom stereocenters. The highest BCUT2D eigenvalue weighted by molar-refractivity contribution is 9.10. The van der Waals surface area contributed by atoms with Crippen LogP contribution in [0.3, 0.4) is 0 Å². The first kappa shape index (κ1) is 14.5. The van der Waals surface area contributed by atoms with Crippen molar-refractivity contribution in [3.8, 4) is 0 Å². The van der Waals surface area contributed by atoms with E-state index in [1.54, 1.807) is 12.1 Å². The fourth-order valence-corrected chi connectivity index (χ4v) is 2.85. The number of benzene rings is 1. The molecule has 5 heteroatoms. The molecule has 0 spiro atoms. The summed E-state index contributed by atoms with van der Waals surface area (Å²) in [5.41, 5.74) is 0.532. The Balaban J connectivity index is 2.20. The van der Waals surface area contributed by atoms with Gasteiger partial charge in [0, 0.05) is 24.7 Å². The average molecular weight is 329 g/mol. The van der Waals surface area contributed by atoms with E-state index in [9.17, 15) is 9.18 Å². The Hall–Kier alpha value is -0.940. The van der Waals surface area contributed by atoms with Crippen LogP contribution in [-0.4, -0.2) is 48.4 Å². The summed E-state index contributed by atoms with van der Waals surface area (Å²) < 4.78 is 13.6. The summed E-state index contributed by atoms with van der Waals surface area (Å²) >= 11 is 3.12. The Morgan fingerprint density at radius 3 is 2.84 bits per heavy atom. The number of halogens is 2. The first-order valence-electron chi connectivity index (χ1n) is 6.43. The molecule has 104 valence electrons.